The van der Waals surface area contributed by atoms with Crippen LogP contribution in [0.25, 0.3) is 5.57 Å². The molecule has 1 heterocycles. The summed E-state index contributed by atoms with van der Waals surface area (Å²) in [6.45, 7) is 8.24. The molecule has 3 nitrogen and oxygen atoms in total. The molecule has 4 atom stereocenters. The largest absolute Gasteiger partial charge is 0.274 e. The quantitative estimate of drug-likeness (QED) is 0.338. The second-order valence-corrected chi connectivity index (χ2v) is 10.3. The zero-order valence-corrected chi connectivity index (χ0v) is 20.6. The lowest BCUT2D eigenvalue weighted by Crippen LogP contribution is -2.33. The van der Waals surface area contributed by atoms with Gasteiger partial charge in [-0.25, -0.2) is 4.90 Å². The summed E-state index contributed by atoms with van der Waals surface area (Å²) in [5, 5.41) is 0. The smallest absolute Gasteiger partial charge is 0.238 e. The fourth-order valence-corrected chi connectivity index (χ4v) is 6.16. The SMILES string of the molecule is Cc1ccc(C(=C2[C@H]3C=C[C@H]2[C@H]2C(=O)N(c4ccc(C)c(C)c4)C(=O)[C@H]23)c2ccc(C)cc2)cc1. The van der Waals surface area contributed by atoms with Crippen LogP contribution in [0.1, 0.15) is 33.4 Å². The minimum Gasteiger partial charge on any atom is -0.274 e. The first-order valence-electron chi connectivity index (χ1n) is 12.4. The topological polar surface area (TPSA) is 37.4 Å². The van der Waals surface area contributed by atoms with Crippen molar-refractivity contribution in [3.63, 3.8) is 0 Å². The molecule has 3 aliphatic rings. The van der Waals surface area contributed by atoms with Crippen LogP contribution in [0, 0.1) is 51.4 Å². The van der Waals surface area contributed by atoms with Gasteiger partial charge in [-0.05, 0) is 73.2 Å². The molecule has 174 valence electrons. The predicted octanol–water partition coefficient (Wildman–Crippen LogP) is 6.34. The third-order valence-corrected chi connectivity index (χ3v) is 8.13. The van der Waals surface area contributed by atoms with Gasteiger partial charge in [-0.1, -0.05) is 77.9 Å². The Balaban J connectivity index is 1.48. The van der Waals surface area contributed by atoms with E-state index in [2.05, 4.69) is 74.5 Å². The van der Waals surface area contributed by atoms with Gasteiger partial charge in [0.05, 0.1) is 17.5 Å². The maximum Gasteiger partial charge on any atom is 0.238 e. The van der Waals surface area contributed by atoms with Crippen LogP contribution < -0.4 is 4.90 Å². The van der Waals surface area contributed by atoms with Crippen LogP contribution in [-0.2, 0) is 9.59 Å². The summed E-state index contributed by atoms with van der Waals surface area (Å²) in [6.07, 6.45) is 4.33. The van der Waals surface area contributed by atoms with Gasteiger partial charge in [-0.15, -0.1) is 0 Å². The molecule has 0 unspecified atom stereocenters. The van der Waals surface area contributed by atoms with Gasteiger partial charge < -0.3 is 0 Å². The number of aryl methyl sites for hydroxylation is 4. The normalized spacial score (nSPS) is 24.5. The molecule has 0 N–H and O–H groups in total. The zero-order chi connectivity index (χ0) is 24.4. The molecule has 3 aromatic rings. The van der Waals surface area contributed by atoms with E-state index in [1.807, 2.05) is 32.0 Å². The molecule has 0 spiro atoms. The van der Waals surface area contributed by atoms with E-state index >= 15 is 0 Å². The van der Waals surface area contributed by atoms with Crippen molar-refractivity contribution in [2.75, 3.05) is 4.90 Å². The molecule has 2 fully saturated rings. The molecule has 0 radical (unpaired) electrons. The van der Waals surface area contributed by atoms with E-state index in [0.717, 1.165) is 27.8 Å². The van der Waals surface area contributed by atoms with E-state index in [9.17, 15) is 9.59 Å². The molecule has 1 aliphatic heterocycles. The van der Waals surface area contributed by atoms with Gasteiger partial charge in [0.2, 0.25) is 11.8 Å². The maximum absolute atomic E-state index is 13.8. The van der Waals surface area contributed by atoms with Gasteiger partial charge in [-0.3, -0.25) is 9.59 Å². The minimum absolute atomic E-state index is 0.0596. The highest BCUT2D eigenvalue weighted by atomic mass is 16.2. The van der Waals surface area contributed by atoms with Crippen molar-refractivity contribution in [3.05, 3.63) is 118 Å². The number of anilines is 1. The lowest BCUT2D eigenvalue weighted by molar-refractivity contribution is -0.122. The highest BCUT2D eigenvalue weighted by Crippen LogP contribution is 2.58. The van der Waals surface area contributed by atoms with E-state index in [4.69, 9.17) is 0 Å². The Bertz CT molecular complexity index is 1340. The number of imide groups is 1. The Morgan fingerprint density at radius 2 is 1.11 bits per heavy atom. The molecule has 6 rings (SSSR count). The van der Waals surface area contributed by atoms with Crippen LogP contribution in [0.3, 0.4) is 0 Å². The van der Waals surface area contributed by atoms with E-state index in [0.29, 0.717) is 5.69 Å². The van der Waals surface area contributed by atoms with Gasteiger partial charge in [0.1, 0.15) is 0 Å². The summed E-state index contributed by atoms with van der Waals surface area (Å²) in [5.74, 6) is -0.916. The summed E-state index contributed by atoms with van der Waals surface area (Å²) in [5.41, 5.74) is 10.0. The lowest BCUT2D eigenvalue weighted by atomic mass is 9.85. The van der Waals surface area contributed by atoms with Crippen LogP contribution in [0.5, 0.6) is 0 Å². The molecular weight excluding hydrogens is 430 g/mol. The molecule has 35 heavy (non-hydrogen) atoms. The Hall–Kier alpha value is -3.72. The lowest BCUT2D eigenvalue weighted by Gasteiger charge is -2.22. The number of allylic oxidation sites excluding steroid dienone is 3. The van der Waals surface area contributed by atoms with E-state index in [1.165, 1.54) is 21.6 Å². The Morgan fingerprint density at radius 1 is 0.629 bits per heavy atom. The van der Waals surface area contributed by atoms with Gasteiger partial charge in [0.15, 0.2) is 0 Å². The second-order valence-electron chi connectivity index (χ2n) is 10.3. The zero-order valence-electron chi connectivity index (χ0n) is 20.6. The molecular formula is C32H29NO2. The first-order valence-corrected chi connectivity index (χ1v) is 12.4. The summed E-state index contributed by atoms with van der Waals surface area (Å²) in [6, 6.07) is 23.0. The Morgan fingerprint density at radius 3 is 1.57 bits per heavy atom. The summed E-state index contributed by atoms with van der Waals surface area (Å²) < 4.78 is 0. The number of hydrogen-bond donors (Lipinski definition) is 0. The molecule has 1 saturated heterocycles. The number of nitrogens with zero attached hydrogens (tertiary/aromatic N) is 1. The van der Waals surface area contributed by atoms with Crippen molar-refractivity contribution in [3.8, 4) is 0 Å². The van der Waals surface area contributed by atoms with Crippen molar-refractivity contribution >= 4 is 23.1 Å². The summed E-state index contributed by atoms with van der Waals surface area (Å²) in [7, 11) is 0. The van der Waals surface area contributed by atoms with Crippen molar-refractivity contribution in [1.82, 2.24) is 0 Å². The van der Waals surface area contributed by atoms with Crippen molar-refractivity contribution in [2.24, 2.45) is 23.7 Å². The van der Waals surface area contributed by atoms with E-state index in [1.54, 1.807) is 0 Å². The Kier molecular flexibility index (Phi) is 4.93. The second kappa shape index (κ2) is 7.91. The molecule has 1 saturated carbocycles. The van der Waals surface area contributed by atoms with Crippen molar-refractivity contribution in [1.29, 1.82) is 0 Å². The summed E-state index contributed by atoms with van der Waals surface area (Å²) >= 11 is 0. The highest BCUT2D eigenvalue weighted by Gasteiger charge is 2.62. The average Bonchev–Trinajstić information content (AvgIpc) is 3.48. The van der Waals surface area contributed by atoms with Crippen molar-refractivity contribution < 1.29 is 9.59 Å². The van der Waals surface area contributed by atoms with Crippen LogP contribution in [0.2, 0.25) is 0 Å². The molecule has 0 aromatic heterocycles. The predicted molar refractivity (Wildman–Crippen MR) is 140 cm³/mol. The number of benzene rings is 3. The third-order valence-electron chi connectivity index (χ3n) is 8.13. The third kappa shape index (κ3) is 3.25. The number of rotatable bonds is 3. The molecule has 2 amide bonds. The van der Waals surface area contributed by atoms with Gasteiger partial charge >= 0.3 is 0 Å². The number of amides is 2. The maximum atomic E-state index is 13.8. The van der Waals surface area contributed by atoms with Crippen LogP contribution in [0.15, 0.2) is 84.5 Å². The number of hydrogen-bond acceptors (Lipinski definition) is 2. The van der Waals surface area contributed by atoms with E-state index < -0.39 is 0 Å². The first kappa shape index (κ1) is 21.8. The minimum atomic E-state index is -0.333. The molecule has 3 aromatic carbocycles. The number of carbonyl (C=O) groups excluding carboxylic acids is 2. The van der Waals surface area contributed by atoms with Crippen molar-refractivity contribution in [2.45, 2.75) is 27.7 Å². The fourth-order valence-electron chi connectivity index (χ4n) is 6.16. The van der Waals surface area contributed by atoms with Gasteiger partial charge in [0.25, 0.3) is 0 Å². The first-order chi connectivity index (χ1) is 16.8. The molecule has 2 bridgehead atoms. The average molecular weight is 460 g/mol. The van der Waals surface area contributed by atoms with Crippen LogP contribution in [-0.4, -0.2) is 11.8 Å². The molecule has 3 heteroatoms. The van der Waals surface area contributed by atoms with Gasteiger partial charge in [0, 0.05) is 11.8 Å². The number of carbonyl (C=O) groups is 2. The van der Waals surface area contributed by atoms with Crippen LogP contribution >= 0.6 is 0 Å². The highest BCUT2D eigenvalue weighted by molar-refractivity contribution is 6.23. The standard InChI is InChI=1S/C32H29NO2/c1-18-5-10-22(11-6-18)27(23-12-7-19(2)8-13-23)28-25-15-16-26(28)30-29(25)31(34)33(32(30)35)24-14-9-20(3)21(4)17-24/h5-17,25-26,29-30H,1-4H3/t25-,26-,29-,30+/m1/s1. The number of fused-ring (bicyclic) bond motifs is 5. The van der Waals surface area contributed by atoms with Gasteiger partial charge in [-0.2, -0.15) is 0 Å². The fraction of sp³-hybridized carbons (Fsp3) is 0.250. The molecule has 2 aliphatic carbocycles. The monoisotopic (exact) mass is 459 g/mol. The van der Waals surface area contributed by atoms with E-state index in [-0.39, 0.29) is 35.5 Å². The van der Waals surface area contributed by atoms with Crippen LogP contribution in [0.4, 0.5) is 5.69 Å². The Labute approximate surface area is 206 Å². The summed E-state index contributed by atoms with van der Waals surface area (Å²) in [4.78, 5) is 29.0.